The molecule has 0 radical (unpaired) electrons. The van der Waals surface area contributed by atoms with Gasteiger partial charge in [0.1, 0.15) is 0 Å². The van der Waals surface area contributed by atoms with Gasteiger partial charge in [0.15, 0.2) is 0 Å². The van der Waals surface area contributed by atoms with E-state index < -0.39 is 0 Å². The van der Waals surface area contributed by atoms with Gasteiger partial charge in [0.2, 0.25) is 5.91 Å². The molecule has 0 bridgehead atoms. The first kappa shape index (κ1) is 15.2. The second-order valence-electron chi connectivity index (χ2n) is 4.30. The first-order chi connectivity index (χ1) is 8.58. The lowest BCUT2D eigenvalue weighted by atomic mass is 10.0. The van der Waals surface area contributed by atoms with Crippen LogP contribution in [-0.4, -0.2) is 18.5 Å². The predicted octanol–water partition coefficient (Wildman–Crippen LogP) is 3.01. The van der Waals surface area contributed by atoms with Gasteiger partial charge in [0.25, 0.3) is 0 Å². The molecule has 0 aliphatic carbocycles. The van der Waals surface area contributed by atoms with Crippen LogP contribution in [-0.2, 0) is 4.79 Å². The lowest BCUT2D eigenvalue weighted by Gasteiger charge is -2.22. The van der Waals surface area contributed by atoms with Crippen LogP contribution in [0.4, 0.5) is 0 Å². The number of nitrogens with one attached hydrogen (secondary N) is 2. The van der Waals surface area contributed by atoms with Gasteiger partial charge in [0.05, 0.1) is 6.04 Å². The number of carbonyl (C=O) groups excluding carboxylic acids is 1. The number of amides is 1. The summed E-state index contributed by atoms with van der Waals surface area (Å²) in [6, 6.07) is 8.23. The summed E-state index contributed by atoms with van der Waals surface area (Å²) in [4.78, 5) is 11.7. The molecular formula is C14H21BrN2O. The van der Waals surface area contributed by atoms with Gasteiger partial charge in [-0.05, 0) is 38.0 Å². The van der Waals surface area contributed by atoms with Crippen LogP contribution in [0, 0.1) is 0 Å². The third-order valence-electron chi connectivity index (χ3n) is 2.88. The zero-order valence-electron chi connectivity index (χ0n) is 11.2. The number of rotatable bonds is 6. The second kappa shape index (κ2) is 7.54. The van der Waals surface area contributed by atoms with E-state index in [1.165, 1.54) is 5.56 Å². The molecule has 0 saturated carbocycles. The Hall–Kier alpha value is -0.870. The Kier molecular flexibility index (Phi) is 6.36. The normalized spacial score (nSPS) is 14.0. The number of likely N-dealkylation sites (N-methyl/N-ethyl adjacent to an activating group) is 1. The molecule has 100 valence electrons. The van der Waals surface area contributed by atoms with Crippen molar-refractivity contribution in [3.8, 4) is 0 Å². The third-order valence-corrected chi connectivity index (χ3v) is 3.40. The molecule has 1 rings (SSSR count). The Balaban J connectivity index is 2.67. The molecule has 2 atom stereocenters. The molecule has 0 heterocycles. The van der Waals surface area contributed by atoms with Crippen molar-refractivity contribution in [3.63, 3.8) is 0 Å². The minimum Gasteiger partial charge on any atom is -0.355 e. The van der Waals surface area contributed by atoms with Crippen LogP contribution in [0.1, 0.15) is 38.8 Å². The largest absolute Gasteiger partial charge is 0.355 e. The Morgan fingerprint density at radius 1 is 1.28 bits per heavy atom. The number of hydrogen-bond acceptors (Lipinski definition) is 2. The summed E-state index contributed by atoms with van der Waals surface area (Å²) in [5.74, 6) is 0.0491. The average molecular weight is 313 g/mol. The lowest BCUT2D eigenvalue weighted by molar-refractivity contribution is -0.122. The lowest BCUT2D eigenvalue weighted by Crippen LogP contribution is -2.43. The van der Waals surface area contributed by atoms with Crippen molar-refractivity contribution in [1.29, 1.82) is 0 Å². The van der Waals surface area contributed by atoms with Crippen molar-refractivity contribution in [2.45, 2.75) is 39.3 Å². The predicted molar refractivity (Wildman–Crippen MR) is 78.5 cm³/mol. The maximum absolute atomic E-state index is 11.7. The van der Waals surface area contributed by atoms with E-state index in [1.54, 1.807) is 0 Å². The quantitative estimate of drug-likeness (QED) is 0.847. The maximum atomic E-state index is 11.7. The van der Waals surface area contributed by atoms with E-state index in [4.69, 9.17) is 0 Å². The van der Waals surface area contributed by atoms with Crippen molar-refractivity contribution < 1.29 is 4.79 Å². The molecule has 4 heteroatoms. The van der Waals surface area contributed by atoms with Crippen molar-refractivity contribution in [2.24, 2.45) is 0 Å². The zero-order valence-corrected chi connectivity index (χ0v) is 12.8. The van der Waals surface area contributed by atoms with Gasteiger partial charge >= 0.3 is 0 Å². The molecule has 18 heavy (non-hydrogen) atoms. The van der Waals surface area contributed by atoms with E-state index in [0.29, 0.717) is 6.54 Å². The first-order valence-corrected chi connectivity index (χ1v) is 7.17. The van der Waals surface area contributed by atoms with Crippen molar-refractivity contribution in [2.75, 3.05) is 6.54 Å². The van der Waals surface area contributed by atoms with Crippen LogP contribution in [0.15, 0.2) is 28.7 Å². The van der Waals surface area contributed by atoms with E-state index in [1.807, 2.05) is 26.0 Å². The summed E-state index contributed by atoms with van der Waals surface area (Å²) >= 11 is 3.43. The minimum absolute atomic E-state index is 0.0491. The van der Waals surface area contributed by atoms with Crippen LogP contribution in [0.2, 0.25) is 0 Å². The fourth-order valence-corrected chi connectivity index (χ4v) is 2.11. The van der Waals surface area contributed by atoms with Crippen molar-refractivity contribution >= 4 is 21.8 Å². The fourth-order valence-electron chi connectivity index (χ4n) is 1.85. The third kappa shape index (κ3) is 4.42. The van der Waals surface area contributed by atoms with Gasteiger partial charge in [0, 0.05) is 17.1 Å². The highest BCUT2D eigenvalue weighted by Crippen LogP contribution is 2.19. The molecule has 1 amide bonds. The molecule has 0 aliphatic heterocycles. The molecular weight excluding hydrogens is 292 g/mol. The van der Waals surface area contributed by atoms with Crippen LogP contribution < -0.4 is 10.6 Å². The molecule has 0 spiro atoms. The summed E-state index contributed by atoms with van der Waals surface area (Å²) in [5.41, 5.74) is 1.21. The SMILES string of the molecule is CCNC(=O)C(C)NC(CC)c1ccc(Br)cc1. The molecule has 1 aromatic rings. The highest BCUT2D eigenvalue weighted by molar-refractivity contribution is 9.10. The molecule has 2 N–H and O–H groups in total. The molecule has 0 aromatic heterocycles. The molecule has 0 aliphatic rings. The number of carbonyl (C=O) groups is 1. The number of benzene rings is 1. The summed E-state index contributed by atoms with van der Waals surface area (Å²) in [5, 5.41) is 6.19. The Morgan fingerprint density at radius 3 is 2.39 bits per heavy atom. The fraction of sp³-hybridized carbons (Fsp3) is 0.500. The smallest absolute Gasteiger partial charge is 0.236 e. The molecule has 3 nitrogen and oxygen atoms in total. The first-order valence-electron chi connectivity index (χ1n) is 6.37. The van der Waals surface area contributed by atoms with Crippen LogP contribution in [0.3, 0.4) is 0 Å². The van der Waals surface area contributed by atoms with Gasteiger partial charge in [-0.25, -0.2) is 0 Å². The monoisotopic (exact) mass is 312 g/mol. The van der Waals surface area contributed by atoms with Gasteiger partial charge in [-0.3, -0.25) is 10.1 Å². The van der Waals surface area contributed by atoms with Gasteiger partial charge < -0.3 is 5.32 Å². The highest BCUT2D eigenvalue weighted by atomic mass is 79.9. The van der Waals surface area contributed by atoms with Crippen LogP contribution >= 0.6 is 15.9 Å². The van der Waals surface area contributed by atoms with E-state index in [-0.39, 0.29) is 18.0 Å². The molecule has 1 aromatic carbocycles. The van der Waals surface area contributed by atoms with Crippen LogP contribution in [0.5, 0.6) is 0 Å². The van der Waals surface area contributed by atoms with Gasteiger partial charge in [-0.2, -0.15) is 0 Å². The minimum atomic E-state index is -0.182. The number of halogens is 1. The summed E-state index contributed by atoms with van der Waals surface area (Å²) in [7, 11) is 0. The van der Waals surface area contributed by atoms with Crippen LogP contribution in [0.25, 0.3) is 0 Å². The Bertz CT molecular complexity index is 378. The Morgan fingerprint density at radius 2 is 1.89 bits per heavy atom. The molecule has 0 saturated heterocycles. The van der Waals surface area contributed by atoms with Crippen molar-refractivity contribution in [3.05, 3.63) is 34.3 Å². The van der Waals surface area contributed by atoms with E-state index in [0.717, 1.165) is 10.9 Å². The average Bonchev–Trinajstić information content (AvgIpc) is 2.37. The molecule has 2 unspecified atom stereocenters. The highest BCUT2D eigenvalue weighted by Gasteiger charge is 2.17. The summed E-state index contributed by atoms with van der Waals surface area (Å²) < 4.78 is 1.07. The van der Waals surface area contributed by atoms with Crippen molar-refractivity contribution in [1.82, 2.24) is 10.6 Å². The van der Waals surface area contributed by atoms with E-state index in [2.05, 4.69) is 45.6 Å². The van der Waals surface area contributed by atoms with E-state index in [9.17, 15) is 4.79 Å². The summed E-state index contributed by atoms with van der Waals surface area (Å²) in [6.07, 6.45) is 0.950. The second-order valence-corrected chi connectivity index (χ2v) is 5.21. The van der Waals surface area contributed by atoms with E-state index >= 15 is 0 Å². The standard InChI is InChI=1S/C14H21BrN2O/c1-4-13(11-6-8-12(15)9-7-11)17-10(3)14(18)16-5-2/h6-10,13,17H,4-5H2,1-3H3,(H,16,18). The Labute approximate surface area is 117 Å². The van der Waals surface area contributed by atoms with Gasteiger partial charge in [-0.15, -0.1) is 0 Å². The number of hydrogen-bond donors (Lipinski definition) is 2. The zero-order chi connectivity index (χ0) is 13.5. The summed E-state index contributed by atoms with van der Waals surface area (Å²) in [6.45, 7) is 6.60. The maximum Gasteiger partial charge on any atom is 0.236 e. The molecule has 0 fully saturated rings. The topological polar surface area (TPSA) is 41.1 Å². The van der Waals surface area contributed by atoms with Gasteiger partial charge in [-0.1, -0.05) is 35.0 Å².